The van der Waals surface area contributed by atoms with Gasteiger partial charge in [-0.25, -0.2) is 12.2 Å². The predicted molar refractivity (Wildman–Crippen MR) is 131 cm³/mol. The summed E-state index contributed by atoms with van der Waals surface area (Å²) in [4.78, 5) is 0. The number of halogens is 2. The molecule has 0 nitrogen and oxygen atoms in total. The standard InChI is InChI=1S/2C11H9.C7H8Si.2ClH.Hf/c2*1-2-6-10(7-3-1)11-8-4-5-9-11;1-8-7-5-3-2-4-6-7;;;/h2*1-3,6-9H,4H2;2-6H,1H3;2*1H;/q2*-1;;;;+2/p-2. The minimum Gasteiger partial charge on any atom is -1.00 e. The van der Waals surface area contributed by atoms with E-state index in [1.54, 1.807) is 5.19 Å². The minimum absolute atomic E-state index is 0. The molecule has 0 fully saturated rings. The van der Waals surface area contributed by atoms with Gasteiger partial charge in [-0.2, -0.15) is 23.3 Å². The Morgan fingerprint density at radius 2 is 0.970 bits per heavy atom. The second-order valence-corrected chi connectivity index (χ2v) is 17.1. The van der Waals surface area contributed by atoms with Crippen LogP contribution in [0.3, 0.4) is 0 Å². The fourth-order valence-corrected chi connectivity index (χ4v) is 5.63. The van der Waals surface area contributed by atoms with Crippen molar-refractivity contribution in [2.45, 2.75) is 19.4 Å². The van der Waals surface area contributed by atoms with Crippen LogP contribution in [-0.4, -0.2) is 5.49 Å². The fraction of sp³-hybridized carbons (Fsp3) is 0.103. The van der Waals surface area contributed by atoms with Gasteiger partial charge in [-0.1, -0.05) is 60.7 Å². The van der Waals surface area contributed by atoms with Crippen molar-refractivity contribution < 1.29 is 47.8 Å². The second kappa shape index (κ2) is 16.8. The van der Waals surface area contributed by atoms with Gasteiger partial charge in [0.1, 0.15) is 0 Å². The Kier molecular flexibility index (Phi) is 15.0. The van der Waals surface area contributed by atoms with Crippen LogP contribution in [0.4, 0.5) is 0 Å². The third-order valence-electron chi connectivity index (χ3n) is 4.82. The van der Waals surface area contributed by atoms with E-state index in [1.165, 1.54) is 45.3 Å². The van der Waals surface area contributed by atoms with E-state index in [1.807, 2.05) is 12.1 Å². The molecule has 0 bridgehead atoms. The van der Waals surface area contributed by atoms with Crippen LogP contribution in [0.1, 0.15) is 24.0 Å². The third-order valence-corrected chi connectivity index (χ3v) is 9.13. The SMILES string of the molecule is C[Si](=[Hf+2])c1ccccc1.[C-]1=CC(c2ccccc2)=CC1.[C-]1=CC(c2ccccc2)=CC1.[Cl-].[Cl-]. The topological polar surface area (TPSA) is 0 Å². The Labute approximate surface area is 226 Å². The zero-order valence-corrected chi connectivity index (χ0v) is 24.7. The van der Waals surface area contributed by atoms with Gasteiger partial charge in [0.15, 0.2) is 0 Å². The van der Waals surface area contributed by atoms with E-state index in [4.69, 9.17) is 0 Å². The summed E-state index contributed by atoms with van der Waals surface area (Å²) in [7, 11) is 0. The third kappa shape index (κ3) is 10.4. The molecule has 4 heteroatoms. The zero-order valence-electron chi connectivity index (χ0n) is 18.6. The summed E-state index contributed by atoms with van der Waals surface area (Å²) >= 11 is 1.36. The van der Waals surface area contributed by atoms with Gasteiger partial charge in [0, 0.05) is 0 Å². The van der Waals surface area contributed by atoms with Crippen molar-refractivity contribution >= 4 is 21.8 Å². The predicted octanol–water partition coefficient (Wildman–Crippen LogP) is 0.736. The van der Waals surface area contributed by atoms with Gasteiger partial charge >= 0.3 is 70.6 Å². The molecule has 0 radical (unpaired) electrons. The Morgan fingerprint density at radius 3 is 1.24 bits per heavy atom. The quantitative estimate of drug-likeness (QED) is 0.290. The molecule has 0 aliphatic heterocycles. The summed E-state index contributed by atoms with van der Waals surface area (Å²) < 4.78 is 0. The Morgan fingerprint density at radius 1 is 0.606 bits per heavy atom. The molecule has 3 aromatic rings. The monoisotopic (exact) mass is 652 g/mol. The van der Waals surface area contributed by atoms with Crippen molar-refractivity contribution in [3.05, 3.63) is 139 Å². The minimum atomic E-state index is -0.0733. The number of allylic oxidation sites excluding steroid dienone is 8. The van der Waals surface area contributed by atoms with Crippen molar-refractivity contribution in [3.63, 3.8) is 0 Å². The summed E-state index contributed by atoms with van der Waals surface area (Å²) in [6, 6.07) is 31.6. The van der Waals surface area contributed by atoms with Gasteiger partial charge in [0.05, 0.1) is 0 Å². The average Bonchev–Trinajstić information content (AvgIpc) is 3.57. The van der Waals surface area contributed by atoms with E-state index in [-0.39, 0.29) is 30.3 Å². The van der Waals surface area contributed by atoms with E-state index in [9.17, 15) is 0 Å². The number of hydrogen-bond donors (Lipinski definition) is 0. The zero-order chi connectivity index (χ0) is 21.7. The molecule has 166 valence electrons. The molecule has 0 spiro atoms. The van der Waals surface area contributed by atoms with Crippen LogP contribution in [0.5, 0.6) is 0 Å². The van der Waals surface area contributed by atoms with E-state index in [2.05, 4.69) is 122 Å². The van der Waals surface area contributed by atoms with Crippen LogP contribution in [0.15, 0.2) is 115 Å². The van der Waals surface area contributed by atoms with E-state index in [0.29, 0.717) is 0 Å². The summed E-state index contributed by atoms with van der Waals surface area (Å²) in [5.41, 5.74) is 5.10. The number of hydrogen-bond acceptors (Lipinski definition) is 0. The van der Waals surface area contributed by atoms with Crippen LogP contribution >= 0.6 is 0 Å². The molecule has 3 aromatic carbocycles. The summed E-state index contributed by atoms with van der Waals surface area (Å²) in [5.74, 6) is 0. The van der Waals surface area contributed by atoms with Crippen LogP contribution in [0, 0.1) is 12.2 Å². The molecule has 0 heterocycles. The first kappa shape index (κ1) is 29.3. The molecule has 0 amide bonds. The Hall–Kier alpha value is -1.71. The summed E-state index contributed by atoms with van der Waals surface area (Å²) in [5, 5.41) is 1.58. The average molecular weight is 652 g/mol. The van der Waals surface area contributed by atoms with Crippen molar-refractivity contribution in [2.24, 2.45) is 0 Å². The second-order valence-electron chi connectivity index (χ2n) is 7.15. The Bertz CT molecular complexity index is 1020. The molecular weight excluding hydrogens is 626 g/mol. The first-order valence-corrected chi connectivity index (χ1v) is 17.9. The molecule has 2 aliphatic carbocycles. The van der Waals surface area contributed by atoms with Gasteiger partial charge in [-0.15, -0.1) is 24.0 Å². The molecule has 0 unspecified atom stereocenters. The van der Waals surface area contributed by atoms with Crippen LogP contribution < -0.4 is 30.0 Å². The maximum Gasteiger partial charge on any atom is -0.0623 e. The van der Waals surface area contributed by atoms with Gasteiger partial charge < -0.3 is 24.8 Å². The van der Waals surface area contributed by atoms with Gasteiger partial charge in [0.2, 0.25) is 0 Å². The van der Waals surface area contributed by atoms with E-state index in [0.717, 1.165) is 12.8 Å². The van der Waals surface area contributed by atoms with Crippen molar-refractivity contribution in [2.75, 3.05) is 0 Å². The molecule has 5 rings (SSSR count). The van der Waals surface area contributed by atoms with Crippen molar-refractivity contribution in [1.82, 2.24) is 0 Å². The van der Waals surface area contributed by atoms with Gasteiger partial charge in [-0.3, -0.25) is 12.2 Å². The smallest absolute Gasteiger partial charge is 0.0623 e. The molecule has 33 heavy (non-hydrogen) atoms. The maximum absolute atomic E-state index is 3.15. The molecule has 2 aliphatic rings. The van der Waals surface area contributed by atoms with Gasteiger partial charge in [0.25, 0.3) is 0 Å². The maximum atomic E-state index is 3.15. The molecule has 0 N–H and O–H groups in total. The van der Waals surface area contributed by atoms with Crippen molar-refractivity contribution in [1.29, 1.82) is 0 Å². The molecule has 0 atom stereocenters. The van der Waals surface area contributed by atoms with Crippen LogP contribution in [0.2, 0.25) is 6.55 Å². The van der Waals surface area contributed by atoms with Gasteiger partial charge in [-0.05, 0) is 0 Å². The largest absolute Gasteiger partial charge is 1.00 e. The normalized spacial score (nSPS) is 12.6. The van der Waals surface area contributed by atoms with Crippen molar-refractivity contribution in [3.8, 4) is 0 Å². The fourth-order valence-electron chi connectivity index (χ4n) is 3.15. The molecule has 0 saturated heterocycles. The first-order valence-electron chi connectivity index (χ1n) is 10.5. The van der Waals surface area contributed by atoms with Crippen LogP contribution in [0.25, 0.3) is 11.1 Å². The summed E-state index contributed by atoms with van der Waals surface area (Å²) in [6.45, 7) is 2.37. The molecule has 0 aromatic heterocycles. The molecular formula is C29H26Cl2HfSi-2. The Balaban J connectivity index is 0.000000242. The summed E-state index contributed by atoms with van der Waals surface area (Å²) in [6.07, 6.45) is 16.7. The number of rotatable bonds is 3. The first-order chi connectivity index (χ1) is 15.2. The van der Waals surface area contributed by atoms with E-state index < -0.39 is 0 Å². The van der Waals surface area contributed by atoms with E-state index >= 15 is 0 Å². The molecule has 0 saturated carbocycles. The van der Waals surface area contributed by atoms with Crippen LogP contribution in [-0.2, 0) is 23.0 Å². The number of benzene rings is 3.